The maximum Gasteiger partial charge on any atom is 0.261 e. The molecule has 0 radical (unpaired) electrons. The number of methoxy groups -OCH3 is 2. The van der Waals surface area contributed by atoms with Crippen LogP contribution in [0.4, 0.5) is 5.69 Å². The summed E-state index contributed by atoms with van der Waals surface area (Å²) in [7, 11) is 3.18. The van der Waals surface area contributed by atoms with Gasteiger partial charge in [-0.3, -0.25) is 19.3 Å². The molecule has 0 aliphatic carbocycles. The molecule has 0 aromatic heterocycles. The van der Waals surface area contributed by atoms with Gasteiger partial charge in [0, 0.05) is 32.4 Å². The van der Waals surface area contributed by atoms with Gasteiger partial charge < -0.3 is 14.4 Å². The highest BCUT2D eigenvalue weighted by molar-refractivity contribution is 6.22. The maximum absolute atomic E-state index is 13.5. The van der Waals surface area contributed by atoms with E-state index < -0.39 is 0 Å². The Morgan fingerprint density at radius 2 is 1.84 bits per heavy atom. The van der Waals surface area contributed by atoms with Crippen LogP contribution in [0.5, 0.6) is 5.75 Å². The van der Waals surface area contributed by atoms with E-state index in [2.05, 4.69) is 0 Å². The van der Waals surface area contributed by atoms with Crippen molar-refractivity contribution in [1.29, 1.82) is 0 Å². The molecule has 4 rings (SSSR count). The Labute approximate surface area is 181 Å². The first-order valence-corrected chi connectivity index (χ1v) is 10.5. The van der Waals surface area contributed by atoms with E-state index in [1.54, 1.807) is 37.3 Å². The maximum atomic E-state index is 13.5. The van der Waals surface area contributed by atoms with Crippen molar-refractivity contribution < 1.29 is 23.9 Å². The minimum absolute atomic E-state index is 0.203. The number of hydrogen-bond donors (Lipinski definition) is 0. The third kappa shape index (κ3) is 3.59. The Balaban J connectivity index is 1.66. The van der Waals surface area contributed by atoms with E-state index in [0.29, 0.717) is 43.0 Å². The van der Waals surface area contributed by atoms with Crippen molar-refractivity contribution in [2.45, 2.75) is 26.2 Å². The first-order valence-electron chi connectivity index (χ1n) is 10.5. The molecule has 0 saturated heterocycles. The normalized spacial score (nSPS) is 15.2. The molecule has 2 aliphatic rings. The third-order valence-corrected chi connectivity index (χ3v) is 5.97. The molecule has 7 nitrogen and oxygen atoms in total. The highest BCUT2D eigenvalue weighted by Crippen LogP contribution is 2.39. The molecule has 31 heavy (non-hydrogen) atoms. The average Bonchev–Trinajstić information content (AvgIpc) is 3.03. The Bertz CT molecular complexity index is 1060. The zero-order valence-electron chi connectivity index (χ0n) is 18.1. The Hall–Kier alpha value is -3.19. The smallest absolute Gasteiger partial charge is 0.261 e. The molecule has 0 spiro atoms. The first-order chi connectivity index (χ1) is 15.0. The topological polar surface area (TPSA) is 76.2 Å². The number of carbonyl (C=O) groups excluding carboxylic acids is 3. The Morgan fingerprint density at radius 1 is 1.06 bits per heavy atom. The van der Waals surface area contributed by atoms with Crippen LogP contribution in [0.3, 0.4) is 0 Å². The van der Waals surface area contributed by atoms with Crippen molar-refractivity contribution in [3.8, 4) is 5.75 Å². The van der Waals surface area contributed by atoms with Crippen molar-refractivity contribution in [3.63, 3.8) is 0 Å². The number of benzene rings is 2. The van der Waals surface area contributed by atoms with Crippen LogP contribution < -0.4 is 9.64 Å². The molecule has 0 N–H and O–H groups in total. The molecule has 7 heteroatoms. The molecule has 0 atom stereocenters. The molecule has 3 amide bonds. The number of hydrogen-bond acceptors (Lipinski definition) is 5. The van der Waals surface area contributed by atoms with Gasteiger partial charge in [-0.05, 0) is 61.6 Å². The first kappa shape index (κ1) is 21.1. The molecule has 2 heterocycles. The minimum Gasteiger partial charge on any atom is -0.495 e. The summed E-state index contributed by atoms with van der Waals surface area (Å²) in [5, 5.41) is 0. The fourth-order valence-corrected chi connectivity index (χ4v) is 4.37. The largest absolute Gasteiger partial charge is 0.495 e. The molecule has 2 aromatic rings. The lowest BCUT2D eigenvalue weighted by Crippen LogP contribution is -2.36. The molecular weight excluding hydrogens is 396 g/mol. The van der Waals surface area contributed by atoms with Gasteiger partial charge in [0.1, 0.15) is 5.75 Å². The van der Waals surface area contributed by atoms with Gasteiger partial charge >= 0.3 is 0 Å². The third-order valence-electron chi connectivity index (χ3n) is 5.97. The number of rotatable bonds is 6. The highest BCUT2D eigenvalue weighted by Gasteiger charge is 2.36. The van der Waals surface area contributed by atoms with Crippen LogP contribution >= 0.6 is 0 Å². The van der Waals surface area contributed by atoms with Gasteiger partial charge in [0.2, 0.25) is 0 Å². The fourth-order valence-electron chi connectivity index (χ4n) is 4.37. The number of fused-ring (bicyclic) bond motifs is 2. The van der Waals surface area contributed by atoms with Gasteiger partial charge in [-0.15, -0.1) is 0 Å². The van der Waals surface area contributed by atoms with Crippen molar-refractivity contribution in [2.24, 2.45) is 0 Å². The number of carbonyl (C=O) groups is 3. The van der Waals surface area contributed by atoms with E-state index in [4.69, 9.17) is 9.47 Å². The molecule has 2 aromatic carbocycles. The summed E-state index contributed by atoms with van der Waals surface area (Å²) in [6.07, 6.45) is 2.30. The standard InChI is InChI=1S/C24H26N2O5/c1-15-7-10-20(31-3)21-17(15)6-4-11-25(21)22(27)16-8-9-18-19(14-16)24(29)26(23(18)28)12-5-13-30-2/h7-10,14H,4-6,11-13H2,1-3H3. The second-order valence-corrected chi connectivity index (χ2v) is 7.84. The summed E-state index contributed by atoms with van der Waals surface area (Å²) in [5.74, 6) is -0.231. The number of aryl methyl sites for hydroxylation is 1. The molecular formula is C24H26N2O5. The highest BCUT2D eigenvalue weighted by atomic mass is 16.5. The number of amides is 3. The summed E-state index contributed by atoms with van der Waals surface area (Å²) >= 11 is 0. The van der Waals surface area contributed by atoms with Crippen LogP contribution in [0.15, 0.2) is 30.3 Å². The lowest BCUT2D eigenvalue weighted by Gasteiger charge is -2.32. The molecule has 0 fully saturated rings. The zero-order valence-corrected chi connectivity index (χ0v) is 18.1. The van der Waals surface area contributed by atoms with Crippen molar-refractivity contribution in [2.75, 3.05) is 38.8 Å². The molecule has 162 valence electrons. The molecule has 0 bridgehead atoms. The second-order valence-electron chi connectivity index (χ2n) is 7.84. The van der Waals surface area contributed by atoms with E-state index in [0.717, 1.165) is 29.7 Å². The Kier molecular flexibility index (Phi) is 5.78. The summed E-state index contributed by atoms with van der Waals surface area (Å²) in [5.41, 5.74) is 4.02. The molecule has 0 saturated carbocycles. The predicted molar refractivity (Wildman–Crippen MR) is 116 cm³/mol. The number of nitrogens with zero attached hydrogens (tertiary/aromatic N) is 2. The van der Waals surface area contributed by atoms with Gasteiger partial charge in [0.15, 0.2) is 0 Å². The van der Waals surface area contributed by atoms with E-state index in [1.807, 2.05) is 19.1 Å². The van der Waals surface area contributed by atoms with Crippen LogP contribution in [0, 0.1) is 6.92 Å². The quantitative estimate of drug-likeness (QED) is 0.528. The second kappa shape index (κ2) is 8.51. The van der Waals surface area contributed by atoms with E-state index >= 15 is 0 Å². The average molecular weight is 422 g/mol. The van der Waals surface area contributed by atoms with Crippen LogP contribution in [0.2, 0.25) is 0 Å². The van der Waals surface area contributed by atoms with E-state index in [9.17, 15) is 14.4 Å². The summed E-state index contributed by atoms with van der Waals surface area (Å²) in [6, 6.07) is 8.63. The monoisotopic (exact) mass is 422 g/mol. The summed E-state index contributed by atoms with van der Waals surface area (Å²) in [4.78, 5) is 41.9. The summed E-state index contributed by atoms with van der Waals surface area (Å²) < 4.78 is 10.6. The van der Waals surface area contributed by atoms with Gasteiger partial charge in [-0.2, -0.15) is 0 Å². The number of anilines is 1. The molecule has 0 unspecified atom stereocenters. The van der Waals surface area contributed by atoms with Gasteiger partial charge in [-0.1, -0.05) is 6.07 Å². The van der Waals surface area contributed by atoms with Crippen molar-refractivity contribution >= 4 is 23.4 Å². The van der Waals surface area contributed by atoms with Crippen LogP contribution in [0.1, 0.15) is 55.0 Å². The van der Waals surface area contributed by atoms with Crippen molar-refractivity contribution in [3.05, 3.63) is 58.1 Å². The zero-order chi connectivity index (χ0) is 22.1. The lowest BCUT2D eigenvalue weighted by molar-refractivity contribution is 0.0638. The van der Waals surface area contributed by atoms with E-state index in [1.165, 1.54) is 4.90 Å². The van der Waals surface area contributed by atoms with E-state index in [-0.39, 0.29) is 23.3 Å². The predicted octanol–water partition coefficient (Wildman–Crippen LogP) is 3.23. The number of imide groups is 1. The summed E-state index contributed by atoms with van der Waals surface area (Å²) in [6.45, 7) is 3.36. The van der Waals surface area contributed by atoms with Gasteiger partial charge in [0.05, 0.1) is 23.9 Å². The fraction of sp³-hybridized carbons (Fsp3) is 0.375. The SMILES string of the molecule is COCCCN1C(=O)c2ccc(C(=O)N3CCCc4c(C)ccc(OC)c43)cc2C1=O. The van der Waals surface area contributed by atoms with Gasteiger partial charge in [-0.25, -0.2) is 0 Å². The Morgan fingerprint density at radius 3 is 2.58 bits per heavy atom. The van der Waals surface area contributed by atoms with Crippen LogP contribution in [0.25, 0.3) is 0 Å². The minimum atomic E-state index is -0.363. The van der Waals surface area contributed by atoms with Gasteiger partial charge in [0.25, 0.3) is 17.7 Å². The van der Waals surface area contributed by atoms with Crippen LogP contribution in [-0.4, -0.2) is 56.5 Å². The molecule has 2 aliphatic heterocycles. The number of ether oxygens (including phenoxy) is 2. The van der Waals surface area contributed by atoms with Crippen LogP contribution in [-0.2, 0) is 11.2 Å². The lowest BCUT2D eigenvalue weighted by atomic mass is 9.95. The van der Waals surface area contributed by atoms with Crippen molar-refractivity contribution in [1.82, 2.24) is 4.90 Å².